The fourth-order valence-electron chi connectivity index (χ4n) is 4.32. The third-order valence-electron chi connectivity index (χ3n) is 6.17. The number of ether oxygens (including phenoxy) is 3. The minimum atomic E-state index is -1.64. The summed E-state index contributed by atoms with van der Waals surface area (Å²) in [5, 5.41) is -0.306. The molecule has 1 saturated heterocycles. The highest BCUT2D eigenvalue weighted by Crippen LogP contribution is 2.35. The van der Waals surface area contributed by atoms with Crippen LogP contribution in [0.15, 0.2) is 48.5 Å². The highest BCUT2D eigenvalue weighted by molar-refractivity contribution is 5.88. The number of halogens is 7. The second-order valence-corrected chi connectivity index (χ2v) is 9.02. The lowest BCUT2D eigenvalue weighted by Crippen LogP contribution is -2.31. The summed E-state index contributed by atoms with van der Waals surface area (Å²) in [6, 6.07) is 8.50. The molecule has 10 heteroatoms. The molecule has 0 saturated carbocycles. The Morgan fingerprint density at radius 2 is 1.37 bits per heavy atom. The SMILES string of the molecule is Cc1cc(F)c(OCC2COC(c3cc(F)c(-c4ccc5c(F)c(F)c(F)cc5c4)c(F)c3)OC2)c(F)c1. The Morgan fingerprint density at radius 3 is 2.00 bits per heavy atom. The molecule has 1 heterocycles. The molecule has 4 aromatic rings. The summed E-state index contributed by atoms with van der Waals surface area (Å²) in [7, 11) is 0. The van der Waals surface area contributed by atoms with E-state index in [0.29, 0.717) is 5.56 Å². The number of hydrogen-bond acceptors (Lipinski definition) is 3. The zero-order valence-electron chi connectivity index (χ0n) is 19.8. The molecule has 0 aromatic heterocycles. The quantitative estimate of drug-likeness (QED) is 0.195. The molecule has 38 heavy (non-hydrogen) atoms. The van der Waals surface area contributed by atoms with Crippen molar-refractivity contribution >= 4 is 10.8 Å². The van der Waals surface area contributed by atoms with E-state index in [-0.39, 0.29) is 41.7 Å². The van der Waals surface area contributed by atoms with Crippen LogP contribution in [0.4, 0.5) is 30.7 Å². The summed E-state index contributed by atoms with van der Waals surface area (Å²) in [4.78, 5) is 0. The van der Waals surface area contributed by atoms with Gasteiger partial charge in [0.25, 0.3) is 0 Å². The Kier molecular flexibility index (Phi) is 7.02. The van der Waals surface area contributed by atoms with E-state index in [4.69, 9.17) is 14.2 Å². The predicted molar refractivity (Wildman–Crippen MR) is 124 cm³/mol. The van der Waals surface area contributed by atoms with Crippen molar-refractivity contribution in [2.75, 3.05) is 19.8 Å². The number of rotatable bonds is 5. The van der Waals surface area contributed by atoms with E-state index in [1.807, 2.05) is 0 Å². The van der Waals surface area contributed by atoms with E-state index in [2.05, 4.69) is 0 Å². The smallest absolute Gasteiger partial charge is 0.195 e. The van der Waals surface area contributed by atoms with Gasteiger partial charge in [0.05, 0.1) is 25.4 Å². The predicted octanol–water partition coefficient (Wildman–Crippen LogP) is 7.53. The minimum absolute atomic E-state index is 0.0114. The van der Waals surface area contributed by atoms with Crippen molar-refractivity contribution < 1.29 is 44.9 Å². The van der Waals surface area contributed by atoms with Gasteiger partial charge in [-0.05, 0) is 59.8 Å². The molecule has 198 valence electrons. The lowest BCUT2D eigenvalue weighted by atomic mass is 9.98. The Labute approximate surface area is 212 Å². The first kappa shape index (κ1) is 26.0. The maximum absolute atomic E-state index is 15.0. The van der Waals surface area contributed by atoms with Gasteiger partial charge in [-0.15, -0.1) is 0 Å². The molecule has 1 aliphatic rings. The van der Waals surface area contributed by atoms with Gasteiger partial charge in [-0.3, -0.25) is 0 Å². The van der Waals surface area contributed by atoms with Crippen LogP contribution in [0.5, 0.6) is 5.75 Å². The van der Waals surface area contributed by atoms with E-state index >= 15 is 8.78 Å². The fraction of sp³-hybridized carbons (Fsp3) is 0.214. The number of hydrogen-bond donors (Lipinski definition) is 0. The van der Waals surface area contributed by atoms with E-state index in [0.717, 1.165) is 42.5 Å². The van der Waals surface area contributed by atoms with Gasteiger partial charge in [0.2, 0.25) is 0 Å². The maximum Gasteiger partial charge on any atom is 0.195 e. The molecular weight excluding hydrogens is 517 g/mol. The van der Waals surface area contributed by atoms with Crippen molar-refractivity contribution in [3.63, 3.8) is 0 Å². The lowest BCUT2D eigenvalue weighted by Gasteiger charge is -2.29. The van der Waals surface area contributed by atoms with Crippen LogP contribution in [0.3, 0.4) is 0 Å². The van der Waals surface area contributed by atoms with Crippen molar-refractivity contribution in [1.82, 2.24) is 0 Å². The molecule has 3 nitrogen and oxygen atoms in total. The third kappa shape index (κ3) is 4.93. The van der Waals surface area contributed by atoms with Gasteiger partial charge in [-0.25, -0.2) is 30.7 Å². The van der Waals surface area contributed by atoms with Crippen LogP contribution in [-0.4, -0.2) is 19.8 Å². The van der Waals surface area contributed by atoms with Gasteiger partial charge in [-0.1, -0.05) is 12.1 Å². The van der Waals surface area contributed by atoms with E-state index in [9.17, 15) is 22.0 Å². The van der Waals surface area contributed by atoms with Crippen molar-refractivity contribution in [3.05, 3.63) is 100 Å². The van der Waals surface area contributed by atoms with Crippen LogP contribution in [0.2, 0.25) is 0 Å². The summed E-state index contributed by atoms with van der Waals surface area (Å²) < 4.78 is 115. The summed E-state index contributed by atoms with van der Waals surface area (Å²) in [6.07, 6.45) is -1.11. The van der Waals surface area contributed by atoms with Gasteiger partial charge in [0.15, 0.2) is 41.1 Å². The number of benzene rings is 4. The van der Waals surface area contributed by atoms with Crippen LogP contribution in [-0.2, 0) is 9.47 Å². The van der Waals surface area contributed by atoms with Crippen LogP contribution in [0.1, 0.15) is 17.4 Å². The fourth-order valence-corrected chi connectivity index (χ4v) is 4.32. The molecular formula is C28H19F7O3. The first-order valence-electron chi connectivity index (χ1n) is 11.5. The molecule has 0 amide bonds. The van der Waals surface area contributed by atoms with Crippen molar-refractivity contribution in [3.8, 4) is 16.9 Å². The average molecular weight is 536 g/mol. The van der Waals surface area contributed by atoms with Crippen LogP contribution in [0.25, 0.3) is 21.9 Å². The van der Waals surface area contributed by atoms with Crippen LogP contribution >= 0.6 is 0 Å². The van der Waals surface area contributed by atoms with Gasteiger partial charge >= 0.3 is 0 Å². The first-order valence-corrected chi connectivity index (χ1v) is 11.5. The molecule has 0 atom stereocenters. The first-order chi connectivity index (χ1) is 18.1. The Balaban J connectivity index is 1.29. The van der Waals surface area contributed by atoms with E-state index in [1.165, 1.54) is 6.07 Å². The highest BCUT2D eigenvalue weighted by atomic mass is 19.2. The van der Waals surface area contributed by atoms with Crippen molar-refractivity contribution in [1.29, 1.82) is 0 Å². The lowest BCUT2D eigenvalue weighted by molar-refractivity contribution is -0.209. The zero-order chi connectivity index (χ0) is 27.1. The second kappa shape index (κ2) is 10.3. The molecule has 0 radical (unpaired) electrons. The summed E-state index contributed by atoms with van der Waals surface area (Å²) in [6.45, 7) is 1.49. The Hall–Kier alpha value is -3.63. The monoisotopic (exact) mass is 536 g/mol. The number of fused-ring (bicyclic) bond motifs is 1. The molecule has 0 aliphatic carbocycles. The molecule has 1 aliphatic heterocycles. The topological polar surface area (TPSA) is 27.7 Å². The molecule has 0 unspecified atom stereocenters. The zero-order valence-corrected chi connectivity index (χ0v) is 19.8. The van der Waals surface area contributed by atoms with Crippen LogP contribution < -0.4 is 4.74 Å². The maximum atomic E-state index is 15.0. The summed E-state index contributed by atoms with van der Waals surface area (Å²) in [5.74, 6) is -9.00. The van der Waals surface area contributed by atoms with E-state index in [1.54, 1.807) is 6.92 Å². The summed E-state index contributed by atoms with van der Waals surface area (Å²) in [5.41, 5.74) is -0.0183. The largest absolute Gasteiger partial charge is 0.487 e. The molecule has 0 N–H and O–H groups in total. The molecule has 1 fully saturated rings. The minimum Gasteiger partial charge on any atom is -0.487 e. The molecule has 0 spiro atoms. The van der Waals surface area contributed by atoms with Crippen molar-refractivity contribution in [2.24, 2.45) is 5.92 Å². The number of aryl methyl sites for hydroxylation is 1. The van der Waals surface area contributed by atoms with Gasteiger partial charge in [0, 0.05) is 16.9 Å². The van der Waals surface area contributed by atoms with Crippen LogP contribution in [0, 0.1) is 53.6 Å². The molecule has 0 bridgehead atoms. The highest BCUT2D eigenvalue weighted by Gasteiger charge is 2.27. The molecule has 5 rings (SSSR count). The third-order valence-corrected chi connectivity index (χ3v) is 6.17. The van der Waals surface area contributed by atoms with Crippen molar-refractivity contribution in [2.45, 2.75) is 13.2 Å². The molecule has 4 aromatic carbocycles. The normalized spacial score (nSPS) is 17.7. The van der Waals surface area contributed by atoms with Gasteiger partial charge in [-0.2, -0.15) is 0 Å². The van der Waals surface area contributed by atoms with Gasteiger partial charge in [0.1, 0.15) is 11.6 Å². The summed E-state index contributed by atoms with van der Waals surface area (Å²) >= 11 is 0. The average Bonchev–Trinajstić information content (AvgIpc) is 2.86. The Morgan fingerprint density at radius 1 is 0.737 bits per heavy atom. The van der Waals surface area contributed by atoms with E-state index < -0.39 is 64.2 Å². The standard InChI is InChI=1S/C28H19F7O3/c1-13-4-22(32)27(23(33)5-13)36-10-14-11-37-28(38-12-14)17-8-19(29)24(20(30)9-17)15-2-3-18-16(6-15)7-21(31)26(35)25(18)34/h2-9,14,28H,10-12H2,1H3. The van der Waals surface area contributed by atoms with Gasteiger partial charge < -0.3 is 14.2 Å². The Bertz CT molecular complexity index is 1490. The second-order valence-electron chi connectivity index (χ2n) is 9.02.